The topological polar surface area (TPSA) is 63.6 Å². The van der Waals surface area contributed by atoms with Gasteiger partial charge in [0.25, 0.3) is 0 Å². The molecular formula is C13H16O4. The Morgan fingerprint density at radius 1 is 1.29 bits per heavy atom. The standard InChI is InChI=1S/C13H16O4/c1-3-11(14)8-17-13(16)9(2)10-4-6-12(15)7-5-10/h4-7,9,15H,3,8H2,1-2H3/t9-/m0/s1. The number of ether oxygens (including phenoxy) is 1. The van der Waals surface area contributed by atoms with Crippen LogP contribution in [0.25, 0.3) is 0 Å². The van der Waals surface area contributed by atoms with Gasteiger partial charge in [0.2, 0.25) is 0 Å². The molecule has 1 aromatic rings. The molecule has 1 atom stereocenters. The first-order valence-electron chi connectivity index (χ1n) is 5.51. The van der Waals surface area contributed by atoms with Crippen LogP contribution in [-0.2, 0) is 14.3 Å². The Bertz CT molecular complexity index is 394. The largest absolute Gasteiger partial charge is 0.508 e. The molecule has 0 aliphatic carbocycles. The van der Waals surface area contributed by atoms with Gasteiger partial charge in [0, 0.05) is 6.42 Å². The van der Waals surface area contributed by atoms with Gasteiger partial charge in [-0.3, -0.25) is 9.59 Å². The molecule has 0 aliphatic rings. The molecule has 4 heteroatoms. The van der Waals surface area contributed by atoms with Crippen LogP contribution in [0.3, 0.4) is 0 Å². The molecule has 0 spiro atoms. The number of phenolic OH excluding ortho intramolecular Hbond substituents is 1. The molecule has 0 saturated carbocycles. The highest BCUT2D eigenvalue weighted by molar-refractivity contribution is 5.84. The number of ketones is 1. The molecule has 4 nitrogen and oxygen atoms in total. The lowest BCUT2D eigenvalue weighted by molar-refractivity contribution is -0.149. The zero-order chi connectivity index (χ0) is 12.8. The van der Waals surface area contributed by atoms with Crippen molar-refractivity contribution in [1.29, 1.82) is 0 Å². The number of rotatable bonds is 5. The molecule has 0 bridgehead atoms. The highest BCUT2D eigenvalue weighted by atomic mass is 16.5. The molecule has 1 N–H and O–H groups in total. The normalized spacial score (nSPS) is 11.9. The second kappa shape index (κ2) is 6.03. The first-order valence-corrected chi connectivity index (χ1v) is 5.51. The number of esters is 1. The fraction of sp³-hybridized carbons (Fsp3) is 0.385. The summed E-state index contributed by atoms with van der Waals surface area (Å²) in [5.74, 6) is -0.829. The van der Waals surface area contributed by atoms with Gasteiger partial charge in [-0.25, -0.2) is 0 Å². The van der Waals surface area contributed by atoms with E-state index < -0.39 is 11.9 Å². The zero-order valence-corrected chi connectivity index (χ0v) is 9.97. The SMILES string of the molecule is CCC(=O)COC(=O)[C@@H](C)c1ccc(O)cc1. The summed E-state index contributed by atoms with van der Waals surface area (Å²) >= 11 is 0. The van der Waals surface area contributed by atoms with E-state index in [1.165, 1.54) is 12.1 Å². The van der Waals surface area contributed by atoms with Crippen molar-refractivity contribution in [2.75, 3.05) is 6.61 Å². The van der Waals surface area contributed by atoms with Crippen LogP contribution in [0.5, 0.6) is 5.75 Å². The maximum absolute atomic E-state index is 11.6. The Labute approximate surface area is 100 Å². The Morgan fingerprint density at radius 3 is 2.41 bits per heavy atom. The highest BCUT2D eigenvalue weighted by Gasteiger charge is 2.17. The summed E-state index contributed by atoms with van der Waals surface area (Å²) in [5.41, 5.74) is 0.747. The molecule has 0 unspecified atom stereocenters. The summed E-state index contributed by atoms with van der Waals surface area (Å²) in [7, 11) is 0. The number of aromatic hydroxyl groups is 1. The maximum Gasteiger partial charge on any atom is 0.313 e. The second-order valence-electron chi connectivity index (χ2n) is 3.81. The predicted molar refractivity (Wildman–Crippen MR) is 62.8 cm³/mol. The van der Waals surface area contributed by atoms with E-state index in [0.29, 0.717) is 6.42 Å². The van der Waals surface area contributed by atoms with Crippen LogP contribution in [0.4, 0.5) is 0 Å². The molecule has 17 heavy (non-hydrogen) atoms. The number of hydrogen-bond acceptors (Lipinski definition) is 4. The average molecular weight is 236 g/mol. The minimum atomic E-state index is -0.444. The molecular weight excluding hydrogens is 220 g/mol. The number of carbonyl (C=O) groups excluding carboxylic acids is 2. The number of benzene rings is 1. The van der Waals surface area contributed by atoms with Crippen LogP contribution >= 0.6 is 0 Å². The summed E-state index contributed by atoms with van der Waals surface area (Å²) in [4.78, 5) is 22.6. The molecule has 0 fully saturated rings. The summed E-state index contributed by atoms with van der Waals surface area (Å²) in [6, 6.07) is 6.33. The monoisotopic (exact) mass is 236 g/mol. The fourth-order valence-electron chi connectivity index (χ4n) is 1.28. The lowest BCUT2D eigenvalue weighted by Crippen LogP contribution is -2.17. The highest BCUT2D eigenvalue weighted by Crippen LogP contribution is 2.19. The van der Waals surface area contributed by atoms with Gasteiger partial charge in [0.15, 0.2) is 5.78 Å². The minimum Gasteiger partial charge on any atom is -0.508 e. The van der Waals surface area contributed by atoms with Crippen molar-refractivity contribution < 1.29 is 19.4 Å². The number of carbonyl (C=O) groups is 2. The van der Waals surface area contributed by atoms with E-state index in [9.17, 15) is 9.59 Å². The zero-order valence-electron chi connectivity index (χ0n) is 9.97. The first kappa shape index (κ1) is 13.2. The van der Waals surface area contributed by atoms with Crippen LogP contribution < -0.4 is 0 Å². The van der Waals surface area contributed by atoms with Crippen molar-refractivity contribution in [1.82, 2.24) is 0 Å². The Balaban J connectivity index is 2.57. The van der Waals surface area contributed by atoms with Crippen molar-refractivity contribution >= 4 is 11.8 Å². The summed E-state index contributed by atoms with van der Waals surface area (Å²) in [6.07, 6.45) is 0.362. The molecule has 92 valence electrons. The van der Waals surface area contributed by atoms with Crippen molar-refractivity contribution in [3.63, 3.8) is 0 Å². The van der Waals surface area contributed by atoms with Crippen LogP contribution in [-0.4, -0.2) is 23.5 Å². The van der Waals surface area contributed by atoms with Gasteiger partial charge in [0.05, 0.1) is 5.92 Å². The van der Waals surface area contributed by atoms with Crippen molar-refractivity contribution in [2.45, 2.75) is 26.2 Å². The molecule has 0 heterocycles. The van der Waals surface area contributed by atoms with Crippen LogP contribution in [0.1, 0.15) is 31.7 Å². The Hall–Kier alpha value is -1.84. The smallest absolute Gasteiger partial charge is 0.313 e. The van der Waals surface area contributed by atoms with Crippen LogP contribution in [0.15, 0.2) is 24.3 Å². The number of Topliss-reactive ketones (excluding diaryl/α,β-unsaturated/α-hetero) is 1. The molecule has 1 aromatic carbocycles. The third kappa shape index (κ3) is 3.90. The van der Waals surface area contributed by atoms with E-state index >= 15 is 0 Å². The number of hydrogen-bond donors (Lipinski definition) is 1. The number of phenols is 1. The van der Waals surface area contributed by atoms with Crippen LogP contribution in [0.2, 0.25) is 0 Å². The molecule has 1 rings (SSSR count). The van der Waals surface area contributed by atoms with E-state index in [1.54, 1.807) is 26.0 Å². The van der Waals surface area contributed by atoms with Crippen molar-refractivity contribution in [3.05, 3.63) is 29.8 Å². The van der Waals surface area contributed by atoms with Gasteiger partial charge in [-0.2, -0.15) is 0 Å². The van der Waals surface area contributed by atoms with E-state index in [1.807, 2.05) is 0 Å². The molecule has 0 aliphatic heterocycles. The van der Waals surface area contributed by atoms with E-state index in [4.69, 9.17) is 9.84 Å². The molecule has 0 saturated heterocycles. The quantitative estimate of drug-likeness (QED) is 0.794. The molecule has 0 amide bonds. The maximum atomic E-state index is 11.6. The molecule has 0 aromatic heterocycles. The fourth-order valence-corrected chi connectivity index (χ4v) is 1.28. The van der Waals surface area contributed by atoms with E-state index in [2.05, 4.69) is 0 Å². The van der Waals surface area contributed by atoms with Gasteiger partial charge in [-0.05, 0) is 24.6 Å². The summed E-state index contributed by atoms with van der Waals surface area (Å²) < 4.78 is 4.89. The van der Waals surface area contributed by atoms with E-state index in [-0.39, 0.29) is 18.1 Å². The average Bonchev–Trinajstić information content (AvgIpc) is 2.35. The predicted octanol–water partition coefficient (Wildman–Crippen LogP) is 2.02. The Kier molecular flexibility index (Phi) is 4.69. The minimum absolute atomic E-state index is 0.101. The third-order valence-corrected chi connectivity index (χ3v) is 2.52. The van der Waals surface area contributed by atoms with Crippen LogP contribution in [0, 0.1) is 0 Å². The summed E-state index contributed by atoms with van der Waals surface area (Å²) in [5, 5.41) is 9.12. The second-order valence-corrected chi connectivity index (χ2v) is 3.81. The third-order valence-electron chi connectivity index (χ3n) is 2.52. The van der Waals surface area contributed by atoms with Gasteiger partial charge < -0.3 is 9.84 Å². The van der Waals surface area contributed by atoms with Crippen molar-refractivity contribution in [3.8, 4) is 5.75 Å². The van der Waals surface area contributed by atoms with Gasteiger partial charge >= 0.3 is 5.97 Å². The molecule has 0 radical (unpaired) electrons. The van der Waals surface area contributed by atoms with Gasteiger partial charge in [-0.1, -0.05) is 19.1 Å². The van der Waals surface area contributed by atoms with Gasteiger partial charge in [0.1, 0.15) is 12.4 Å². The lowest BCUT2D eigenvalue weighted by atomic mass is 10.0. The lowest BCUT2D eigenvalue weighted by Gasteiger charge is -2.11. The van der Waals surface area contributed by atoms with E-state index in [0.717, 1.165) is 5.56 Å². The first-order chi connectivity index (χ1) is 8.04. The Morgan fingerprint density at radius 2 is 1.88 bits per heavy atom. The van der Waals surface area contributed by atoms with Crippen molar-refractivity contribution in [2.24, 2.45) is 0 Å². The summed E-state index contributed by atoms with van der Waals surface area (Å²) in [6.45, 7) is 3.25. The van der Waals surface area contributed by atoms with Gasteiger partial charge in [-0.15, -0.1) is 0 Å².